The summed E-state index contributed by atoms with van der Waals surface area (Å²) in [6, 6.07) is 9.07. The van der Waals surface area contributed by atoms with Crippen LogP contribution in [0.4, 0.5) is 5.69 Å². The number of hydrogen-bond donors (Lipinski definition) is 1. The quantitative estimate of drug-likeness (QED) is 0.717. The Bertz CT molecular complexity index is 390. The maximum Gasteiger partial charge on any atom is 0.0991 e. The fraction of sp³-hybridized carbons (Fsp3) is 0.0909. The van der Waals surface area contributed by atoms with E-state index in [0.29, 0.717) is 11.3 Å². The fourth-order valence-corrected chi connectivity index (χ4v) is 0.863. The van der Waals surface area contributed by atoms with Crippen LogP contribution in [0.1, 0.15) is 12.5 Å². The third-order valence-electron chi connectivity index (χ3n) is 1.56. The summed E-state index contributed by atoms with van der Waals surface area (Å²) in [5.74, 6) is 0. The third kappa shape index (κ3) is 3.11. The molecule has 0 unspecified atom stereocenters. The van der Waals surface area contributed by atoms with Crippen molar-refractivity contribution in [2.45, 2.75) is 6.92 Å². The van der Waals surface area contributed by atoms with Gasteiger partial charge in [-0.05, 0) is 37.3 Å². The first-order chi connectivity index (χ1) is 6.72. The second-order valence-electron chi connectivity index (χ2n) is 2.85. The molecule has 0 fully saturated rings. The van der Waals surface area contributed by atoms with Gasteiger partial charge >= 0.3 is 0 Å². The molecule has 0 saturated carbocycles. The van der Waals surface area contributed by atoms with Gasteiger partial charge in [0.2, 0.25) is 0 Å². The Kier molecular flexibility index (Phi) is 3.45. The highest BCUT2D eigenvalue weighted by Gasteiger charge is 1.88. The van der Waals surface area contributed by atoms with Crippen LogP contribution in [0.3, 0.4) is 0 Å². The molecule has 1 aromatic rings. The van der Waals surface area contributed by atoms with E-state index in [1.807, 2.05) is 6.07 Å². The molecule has 0 saturated heterocycles. The molecule has 70 valence electrons. The van der Waals surface area contributed by atoms with Gasteiger partial charge < -0.3 is 5.73 Å². The molecule has 0 spiro atoms. The molecule has 0 aliphatic carbocycles. The fourth-order valence-electron chi connectivity index (χ4n) is 0.863. The summed E-state index contributed by atoms with van der Waals surface area (Å²) in [5.41, 5.74) is 7.58. The van der Waals surface area contributed by atoms with Crippen molar-refractivity contribution in [1.29, 1.82) is 5.26 Å². The molecule has 0 aliphatic rings. The van der Waals surface area contributed by atoms with E-state index < -0.39 is 0 Å². The van der Waals surface area contributed by atoms with Gasteiger partial charge in [-0.3, -0.25) is 4.99 Å². The van der Waals surface area contributed by atoms with E-state index in [-0.39, 0.29) is 0 Å². The monoisotopic (exact) mass is 185 g/mol. The standard InChI is InChI=1S/C11H11N3/c1-9(13)6-7-14-11-4-2-10(8-12)3-5-11/h2-7H,13H2,1H3. The summed E-state index contributed by atoms with van der Waals surface area (Å²) in [6.45, 7) is 1.80. The summed E-state index contributed by atoms with van der Waals surface area (Å²) in [7, 11) is 0. The summed E-state index contributed by atoms with van der Waals surface area (Å²) >= 11 is 0. The minimum atomic E-state index is 0.634. The number of allylic oxidation sites excluding steroid dienone is 2. The minimum absolute atomic E-state index is 0.634. The van der Waals surface area contributed by atoms with Crippen LogP contribution in [-0.2, 0) is 0 Å². The van der Waals surface area contributed by atoms with Gasteiger partial charge in [0.15, 0.2) is 0 Å². The summed E-state index contributed by atoms with van der Waals surface area (Å²) in [4.78, 5) is 4.13. The second-order valence-corrected chi connectivity index (χ2v) is 2.85. The highest BCUT2D eigenvalue weighted by molar-refractivity contribution is 5.75. The van der Waals surface area contributed by atoms with E-state index in [9.17, 15) is 0 Å². The Morgan fingerprint density at radius 2 is 2.07 bits per heavy atom. The van der Waals surface area contributed by atoms with Gasteiger partial charge in [-0.2, -0.15) is 5.26 Å². The maximum atomic E-state index is 8.56. The highest BCUT2D eigenvalue weighted by Crippen LogP contribution is 2.11. The largest absolute Gasteiger partial charge is 0.402 e. The Hall–Kier alpha value is -2.08. The SMILES string of the molecule is CC(N)=CC=Nc1ccc(C#N)cc1. The molecule has 14 heavy (non-hydrogen) atoms. The molecule has 0 amide bonds. The van der Waals surface area contributed by atoms with Gasteiger partial charge in [-0.15, -0.1) is 0 Å². The van der Waals surface area contributed by atoms with Gasteiger partial charge in [-0.1, -0.05) is 0 Å². The number of aliphatic imine (C=N–C) groups is 1. The second kappa shape index (κ2) is 4.83. The van der Waals surface area contributed by atoms with E-state index >= 15 is 0 Å². The Labute approximate surface area is 83.2 Å². The van der Waals surface area contributed by atoms with E-state index in [1.165, 1.54) is 0 Å². The lowest BCUT2D eigenvalue weighted by atomic mass is 10.2. The molecule has 0 radical (unpaired) electrons. The number of nitriles is 1. The number of nitrogens with two attached hydrogens (primary N) is 1. The van der Waals surface area contributed by atoms with Crippen LogP contribution < -0.4 is 5.73 Å². The smallest absolute Gasteiger partial charge is 0.0991 e. The zero-order chi connectivity index (χ0) is 10.4. The Balaban J connectivity index is 2.75. The van der Waals surface area contributed by atoms with Crippen LogP contribution in [0.5, 0.6) is 0 Å². The predicted molar refractivity (Wildman–Crippen MR) is 57.3 cm³/mol. The van der Waals surface area contributed by atoms with E-state index in [0.717, 1.165) is 5.69 Å². The third-order valence-corrected chi connectivity index (χ3v) is 1.56. The zero-order valence-corrected chi connectivity index (χ0v) is 7.94. The molecular formula is C11H11N3. The van der Waals surface area contributed by atoms with Crippen LogP contribution in [0.2, 0.25) is 0 Å². The van der Waals surface area contributed by atoms with Crippen LogP contribution in [-0.4, -0.2) is 6.21 Å². The van der Waals surface area contributed by atoms with Crippen molar-refractivity contribution in [2.75, 3.05) is 0 Å². The van der Waals surface area contributed by atoms with Gasteiger partial charge in [0, 0.05) is 11.9 Å². The number of hydrogen-bond acceptors (Lipinski definition) is 3. The average Bonchev–Trinajstić information content (AvgIpc) is 2.18. The molecule has 2 N–H and O–H groups in total. The lowest BCUT2D eigenvalue weighted by Gasteiger charge is -1.91. The molecule has 0 aromatic heterocycles. The molecule has 3 heteroatoms. The summed E-state index contributed by atoms with van der Waals surface area (Å²) in [6.07, 6.45) is 3.36. The molecule has 0 bridgehead atoms. The van der Waals surface area contributed by atoms with Crippen LogP contribution in [0.15, 0.2) is 41.0 Å². The van der Waals surface area contributed by atoms with Crippen molar-refractivity contribution in [3.05, 3.63) is 41.6 Å². The number of nitrogens with zero attached hydrogens (tertiary/aromatic N) is 2. The summed E-state index contributed by atoms with van der Waals surface area (Å²) in [5, 5.41) is 8.56. The van der Waals surface area contributed by atoms with Gasteiger partial charge in [0.25, 0.3) is 0 Å². The van der Waals surface area contributed by atoms with Crippen molar-refractivity contribution in [3.63, 3.8) is 0 Å². The van der Waals surface area contributed by atoms with Gasteiger partial charge in [0.1, 0.15) is 0 Å². The van der Waals surface area contributed by atoms with Crippen molar-refractivity contribution < 1.29 is 0 Å². The van der Waals surface area contributed by atoms with Crippen molar-refractivity contribution in [1.82, 2.24) is 0 Å². The van der Waals surface area contributed by atoms with Crippen LogP contribution >= 0.6 is 0 Å². The molecule has 1 aromatic carbocycles. The molecular weight excluding hydrogens is 174 g/mol. The van der Waals surface area contributed by atoms with Crippen LogP contribution in [0.25, 0.3) is 0 Å². The minimum Gasteiger partial charge on any atom is -0.402 e. The topological polar surface area (TPSA) is 62.2 Å². The first-order valence-electron chi connectivity index (χ1n) is 4.19. The first kappa shape index (κ1) is 10.0. The maximum absolute atomic E-state index is 8.56. The predicted octanol–water partition coefficient (Wildman–Crippen LogP) is 2.12. The van der Waals surface area contributed by atoms with Crippen molar-refractivity contribution >= 4 is 11.9 Å². The number of benzene rings is 1. The molecule has 0 aliphatic heterocycles. The molecule has 3 nitrogen and oxygen atoms in total. The Morgan fingerprint density at radius 3 is 2.57 bits per heavy atom. The lowest BCUT2D eigenvalue weighted by molar-refractivity contribution is 1.33. The van der Waals surface area contributed by atoms with Gasteiger partial charge in [-0.25, -0.2) is 0 Å². The molecule has 0 heterocycles. The number of rotatable bonds is 2. The normalized spacial score (nSPS) is 11.6. The van der Waals surface area contributed by atoms with E-state index in [4.69, 9.17) is 11.0 Å². The molecule has 0 atom stereocenters. The lowest BCUT2D eigenvalue weighted by Crippen LogP contribution is -1.89. The van der Waals surface area contributed by atoms with Crippen molar-refractivity contribution in [3.8, 4) is 6.07 Å². The molecule has 1 rings (SSSR count). The first-order valence-corrected chi connectivity index (χ1v) is 4.19. The summed E-state index contributed by atoms with van der Waals surface area (Å²) < 4.78 is 0. The zero-order valence-electron chi connectivity index (χ0n) is 7.94. The van der Waals surface area contributed by atoms with E-state index in [2.05, 4.69) is 4.99 Å². The van der Waals surface area contributed by atoms with Crippen molar-refractivity contribution in [2.24, 2.45) is 10.7 Å². The highest BCUT2D eigenvalue weighted by atomic mass is 14.7. The van der Waals surface area contributed by atoms with Crippen LogP contribution in [0, 0.1) is 11.3 Å². The Morgan fingerprint density at radius 1 is 1.43 bits per heavy atom. The van der Waals surface area contributed by atoms with E-state index in [1.54, 1.807) is 43.5 Å². The average molecular weight is 185 g/mol. The van der Waals surface area contributed by atoms with Gasteiger partial charge in [0.05, 0.1) is 17.3 Å².